The predicted molar refractivity (Wildman–Crippen MR) is 169 cm³/mol. The van der Waals surface area contributed by atoms with E-state index in [0.29, 0.717) is 25.2 Å². The first-order valence-corrected chi connectivity index (χ1v) is 15.6. The van der Waals surface area contributed by atoms with Crippen LogP contribution in [0.2, 0.25) is 0 Å². The molecule has 1 atom stereocenters. The van der Waals surface area contributed by atoms with Crippen LogP contribution in [-0.4, -0.2) is 54.5 Å². The highest BCUT2D eigenvalue weighted by Crippen LogP contribution is 2.31. The number of carbonyl (C=O) groups is 3. The van der Waals surface area contributed by atoms with Crippen molar-refractivity contribution < 1.29 is 19.1 Å². The lowest BCUT2D eigenvalue weighted by Crippen LogP contribution is -2.45. The summed E-state index contributed by atoms with van der Waals surface area (Å²) in [5.41, 5.74) is 1.34. The van der Waals surface area contributed by atoms with Crippen molar-refractivity contribution in [1.82, 2.24) is 9.55 Å². The summed E-state index contributed by atoms with van der Waals surface area (Å²) in [6.07, 6.45) is 17.1. The van der Waals surface area contributed by atoms with E-state index in [0.717, 1.165) is 93.5 Å². The minimum atomic E-state index is -0.519. The molecular weight excluding hydrogens is 544 g/mol. The fraction of sp³-hybridized carbons (Fsp3) is 0.500. The van der Waals surface area contributed by atoms with Crippen LogP contribution in [0.25, 0.3) is 10.8 Å². The summed E-state index contributed by atoms with van der Waals surface area (Å²) < 4.78 is 6.08. The molecule has 1 amide bonds. The van der Waals surface area contributed by atoms with Gasteiger partial charge in [0, 0.05) is 55.3 Å². The van der Waals surface area contributed by atoms with Gasteiger partial charge in [0.25, 0.3) is 5.56 Å². The third-order valence-electron chi connectivity index (χ3n) is 8.28. The van der Waals surface area contributed by atoms with Crippen molar-refractivity contribution in [2.24, 2.45) is 5.92 Å². The Morgan fingerprint density at radius 2 is 1.74 bits per heavy atom. The van der Waals surface area contributed by atoms with E-state index >= 15 is 0 Å². The number of ether oxygens (including phenoxy) is 1. The molecule has 2 aromatic heterocycles. The Morgan fingerprint density at radius 3 is 2.51 bits per heavy atom. The summed E-state index contributed by atoms with van der Waals surface area (Å²) in [5, 5.41) is 2.20. The minimum Gasteiger partial charge on any atom is -0.468 e. The van der Waals surface area contributed by atoms with Crippen molar-refractivity contribution in [2.75, 3.05) is 36.5 Å². The fourth-order valence-electron chi connectivity index (χ4n) is 5.90. The molecule has 9 nitrogen and oxygen atoms in total. The Bertz CT molecular complexity index is 1420. The quantitative estimate of drug-likeness (QED) is 0.123. The number of hydrogen-bond donors (Lipinski definition) is 0. The van der Waals surface area contributed by atoms with Gasteiger partial charge >= 0.3 is 5.97 Å². The lowest BCUT2D eigenvalue weighted by Gasteiger charge is -2.36. The molecule has 1 saturated heterocycles. The van der Waals surface area contributed by atoms with Crippen molar-refractivity contribution in [2.45, 2.75) is 77.2 Å². The number of unbranched alkanes of at least 4 members (excludes halogenated alkanes) is 8. The highest BCUT2D eigenvalue weighted by molar-refractivity contribution is 5.96. The molecule has 1 aromatic carbocycles. The number of rotatable bonds is 16. The Hall–Kier alpha value is -4.01. The molecule has 4 rings (SSSR count). The van der Waals surface area contributed by atoms with Crippen molar-refractivity contribution in [3.8, 4) is 0 Å². The zero-order valence-electron chi connectivity index (χ0n) is 25.3. The molecule has 1 fully saturated rings. The molecule has 9 heteroatoms. The van der Waals surface area contributed by atoms with Crippen LogP contribution < -0.4 is 15.4 Å². The van der Waals surface area contributed by atoms with Gasteiger partial charge in [-0.3, -0.25) is 19.4 Å². The van der Waals surface area contributed by atoms with Gasteiger partial charge in [-0.25, -0.2) is 0 Å². The van der Waals surface area contributed by atoms with Crippen molar-refractivity contribution in [3.63, 3.8) is 0 Å². The monoisotopic (exact) mass is 588 g/mol. The maximum absolute atomic E-state index is 14.2. The number of nitrogens with zero attached hydrogens (tertiary/aromatic N) is 4. The molecule has 0 aliphatic carbocycles. The molecule has 0 bridgehead atoms. The summed E-state index contributed by atoms with van der Waals surface area (Å²) in [4.78, 5) is 57.6. The van der Waals surface area contributed by atoms with E-state index in [1.807, 2.05) is 29.4 Å². The third kappa shape index (κ3) is 8.99. The Kier molecular flexibility index (Phi) is 12.3. The number of aromatic nitrogens is 2. The van der Waals surface area contributed by atoms with E-state index in [2.05, 4.69) is 22.0 Å². The third-order valence-corrected chi connectivity index (χ3v) is 8.28. The molecule has 1 aliphatic rings. The van der Waals surface area contributed by atoms with Gasteiger partial charge < -0.3 is 23.9 Å². The maximum atomic E-state index is 14.2. The lowest BCUT2D eigenvalue weighted by atomic mass is 9.95. The fourth-order valence-corrected chi connectivity index (χ4v) is 5.90. The second kappa shape index (κ2) is 16.6. The molecular formula is C34H44N4O5. The first-order valence-electron chi connectivity index (χ1n) is 15.6. The number of anilines is 2. The zero-order valence-corrected chi connectivity index (χ0v) is 25.3. The van der Waals surface area contributed by atoms with Crippen LogP contribution in [-0.2, 0) is 25.7 Å². The average Bonchev–Trinajstić information content (AvgIpc) is 3.04. The molecule has 0 radical (unpaired) electrons. The van der Waals surface area contributed by atoms with Crippen LogP contribution in [0.3, 0.4) is 0 Å². The van der Waals surface area contributed by atoms with E-state index in [1.165, 1.54) is 17.7 Å². The molecule has 1 aliphatic heterocycles. The minimum absolute atomic E-state index is 0.0383. The Balaban J connectivity index is 1.46. The molecule has 0 spiro atoms. The summed E-state index contributed by atoms with van der Waals surface area (Å²) in [7, 11) is 1.29. The van der Waals surface area contributed by atoms with Crippen LogP contribution in [0.5, 0.6) is 0 Å². The Labute approximate surface area is 253 Å². The van der Waals surface area contributed by atoms with Crippen LogP contribution in [0, 0.1) is 5.92 Å². The predicted octanol–water partition coefficient (Wildman–Crippen LogP) is 5.53. The van der Waals surface area contributed by atoms with Crippen LogP contribution >= 0.6 is 0 Å². The number of benzene rings is 1. The number of pyridine rings is 2. The van der Waals surface area contributed by atoms with Crippen molar-refractivity contribution in [3.05, 3.63) is 65.3 Å². The van der Waals surface area contributed by atoms with Crippen molar-refractivity contribution >= 4 is 40.3 Å². The van der Waals surface area contributed by atoms with Gasteiger partial charge in [0.15, 0.2) is 0 Å². The van der Waals surface area contributed by atoms with Gasteiger partial charge in [0.05, 0.1) is 30.6 Å². The summed E-state index contributed by atoms with van der Waals surface area (Å²) in [5.74, 6) is -0.689. The standard InChI is InChI=1S/C34H44N4O5/c1-43-33(41)26-37-25-29(17-18-32(37)40)38(20-11-7-5-3-2-4-6-8-12-21-39)34(42)28-15-13-19-36(24-28)31-23-35-22-27-14-9-10-16-30(27)31/h9-10,14,16-18,21-23,25,28H,2-8,11-13,15,19-20,24,26H2,1H3/t28-/m0/s1. The highest BCUT2D eigenvalue weighted by Gasteiger charge is 2.31. The second-order valence-corrected chi connectivity index (χ2v) is 11.4. The largest absolute Gasteiger partial charge is 0.468 e. The summed E-state index contributed by atoms with van der Waals surface area (Å²) in [6.45, 7) is 1.79. The first-order chi connectivity index (χ1) is 21.0. The van der Waals surface area contributed by atoms with E-state index in [9.17, 15) is 19.2 Å². The zero-order chi connectivity index (χ0) is 30.4. The van der Waals surface area contributed by atoms with E-state index < -0.39 is 5.97 Å². The van der Waals surface area contributed by atoms with Gasteiger partial charge in [0.2, 0.25) is 5.91 Å². The molecule has 3 aromatic rings. The molecule has 0 unspecified atom stereocenters. The van der Waals surface area contributed by atoms with E-state index in [1.54, 1.807) is 12.3 Å². The summed E-state index contributed by atoms with van der Waals surface area (Å²) >= 11 is 0. The van der Waals surface area contributed by atoms with Gasteiger partial charge in [-0.15, -0.1) is 0 Å². The molecule has 230 valence electrons. The number of hydrogen-bond acceptors (Lipinski definition) is 7. The molecule has 0 saturated carbocycles. The number of fused-ring (bicyclic) bond motifs is 1. The lowest BCUT2D eigenvalue weighted by molar-refractivity contribution is -0.141. The van der Waals surface area contributed by atoms with E-state index in [4.69, 9.17) is 4.74 Å². The number of methoxy groups -OCH3 is 1. The first kappa shape index (κ1) is 31.9. The smallest absolute Gasteiger partial charge is 0.325 e. The number of carbonyl (C=O) groups excluding carboxylic acids is 3. The van der Waals surface area contributed by atoms with Gasteiger partial charge in [-0.2, -0.15) is 0 Å². The molecule has 3 heterocycles. The number of esters is 1. The second-order valence-electron chi connectivity index (χ2n) is 11.4. The van der Waals surface area contributed by atoms with Gasteiger partial charge in [-0.05, 0) is 31.7 Å². The normalized spacial score (nSPS) is 14.9. The molecule has 43 heavy (non-hydrogen) atoms. The van der Waals surface area contributed by atoms with Gasteiger partial charge in [-0.1, -0.05) is 62.8 Å². The van der Waals surface area contributed by atoms with Crippen LogP contribution in [0.4, 0.5) is 11.4 Å². The SMILES string of the molecule is COC(=O)Cn1cc(N(CCCCCCCCCCC=O)C(=O)[C@H]2CCCN(c3cncc4ccccc34)C2)ccc1=O. The number of aldehydes is 1. The number of amides is 1. The van der Waals surface area contributed by atoms with E-state index in [-0.39, 0.29) is 23.9 Å². The van der Waals surface area contributed by atoms with Gasteiger partial charge in [0.1, 0.15) is 12.8 Å². The number of piperidine rings is 1. The van der Waals surface area contributed by atoms with Crippen molar-refractivity contribution in [1.29, 1.82) is 0 Å². The Morgan fingerprint density at radius 1 is 1.00 bits per heavy atom. The summed E-state index contributed by atoms with van der Waals surface area (Å²) in [6, 6.07) is 11.3. The van der Waals surface area contributed by atoms with Crippen LogP contribution in [0.1, 0.15) is 70.6 Å². The highest BCUT2D eigenvalue weighted by atomic mass is 16.5. The maximum Gasteiger partial charge on any atom is 0.325 e. The van der Waals surface area contributed by atoms with Crippen LogP contribution in [0.15, 0.2) is 59.8 Å². The topological polar surface area (TPSA) is 102 Å². The average molecular weight is 589 g/mol. The molecule has 0 N–H and O–H groups in total.